The van der Waals surface area contributed by atoms with Gasteiger partial charge < -0.3 is 21.2 Å². The Bertz CT molecular complexity index is 27.5. The Balaban J connectivity index is -0.00000000536. The number of aliphatic hydroxyl groups excluding tert-OH is 2. The van der Waals surface area contributed by atoms with E-state index in [4.69, 9.17) is 45.0 Å². The number of hydrogen-bond donors (Lipinski definition) is 2. The highest BCUT2D eigenvalue weighted by Crippen LogP contribution is 2.03. The number of hydrogen-bond acceptors (Lipinski definition) is 2. The SMILES string of the molecule is C.C.CC.CC.CO.CO.ClC(Cl)Cl.O.O. The van der Waals surface area contributed by atoms with Gasteiger partial charge in [-0.3, -0.25) is 0 Å². The fraction of sp³-hybridized carbons (Fsp3) is 1.00. The summed E-state index contributed by atoms with van der Waals surface area (Å²) >= 11 is 14.4. The zero-order valence-electron chi connectivity index (χ0n) is 9.61. The Labute approximate surface area is 117 Å². The molecule has 0 aliphatic carbocycles. The predicted octanol–water partition coefficient (Wildman–Crippen LogP) is 2.88. The molecule has 0 aromatic rings. The molecule has 0 aromatic carbocycles. The summed E-state index contributed by atoms with van der Waals surface area (Å²) in [5.41, 5.74) is 0. The van der Waals surface area contributed by atoms with E-state index in [1.165, 1.54) is 0 Å². The Morgan fingerprint density at radius 3 is 0.625 bits per heavy atom. The van der Waals surface area contributed by atoms with Crippen LogP contribution in [0.2, 0.25) is 0 Å². The smallest absolute Gasteiger partial charge is 0.180 e. The molecule has 0 aromatic heterocycles. The largest absolute Gasteiger partial charge is 0.412 e. The van der Waals surface area contributed by atoms with Crippen molar-refractivity contribution in [1.29, 1.82) is 0 Å². The van der Waals surface area contributed by atoms with Crippen molar-refractivity contribution in [3.8, 4) is 0 Å². The van der Waals surface area contributed by atoms with Gasteiger partial charge in [0, 0.05) is 14.2 Å². The van der Waals surface area contributed by atoms with Crippen LogP contribution in [0.1, 0.15) is 42.5 Å². The lowest BCUT2D eigenvalue weighted by atomic mass is 11.0. The average molecular weight is 312 g/mol. The van der Waals surface area contributed by atoms with Crippen molar-refractivity contribution < 1.29 is 21.2 Å². The van der Waals surface area contributed by atoms with Crippen LogP contribution in [0, 0.1) is 0 Å². The highest BCUT2D eigenvalue weighted by molar-refractivity contribution is 6.63. The van der Waals surface area contributed by atoms with Crippen LogP contribution in [0.15, 0.2) is 0 Å². The van der Waals surface area contributed by atoms with E-state index in [1.54, 1.807) is 0 Å². The molecule has 0 rings (SSSR count). The summed E-state index contributed by atoms with van der Waals surface area (Å²) < 4.78 is -0.750. The fourth-order valence-corrected chi connectivity index (χ4v) is 0. The van der Waals surface area contributed by atoms with E-state index in [1.807, 2.05) is 27.7 Å². The first-order valence-electron chi connectivity index (χ1n) is 3.55. The van der Waals surface area contributed by atoms with E-state index >= 15 is 0 Å². The standard InChI is InChI=1S/2C2H6.CHCl3.2CH4O.2CH4.2H2O/c2*1-2;2-1(3)4;2*1-2;;;;/h2*1-2H3;1H;2*2H,1H3;2*1H4;2*1H2. The normalized spacial score (nSPS) is 3.75. The Kier molecular flexibility index (Phi) is 1070. The van der Waals surface area contributed by atoms with Gasteiger partial charge in [-0.15, -0.1) is 0 Å². The lowest BCUT2D eigenvalue weighted by molar-refractivity contribution is 0.399. The molecule has 0 aliphatic heterocycles. The predicted molar refractivity (Wildman–Crippen MR) is 81.0 cm³/mol. The lowest BCUT2D eigenvalue weighted by Crippen LogP contribution is -1.55. The van der Waals surface area contributed by atoms with Crippen LogP contribution in [-0.4, -0.2) is 39.7 Å². The number of aliphatic hydroxyl groups is 2. The second-order valence-corrected chi connectivity index (χ2v) is 2.23. The summed E-state index contributed by atoms with van der Waals surface area (Å²) in [4.78, 5) is 0. The maximum atomic E-state index is 7.00. The molecule has 0 unspecified atom stereocenters. The molecule has 0 bridgehead atoms. The average Bonchev–Trinajstić information content (AvgIpc) is 2.16. The topological polar surface area (TPSA) is 103 Å². The monoisotopic (exact) mass is 310 g/mol. The van der Waals surface area contributed by atoms with E-state index in [0.717, 1.165) is 14.2 Å². The third kappa shape index (κ3) is 5480. The van der Waals surface area contributed by atoms with E-state index in [-0.39, 0.29) is 25.8 Å². The highest BCUT2D eigenvalue weighted by atomic mass is 35.6. The van der Waals surface area contributed by atoms with Crippen LogP contribution in [0.3, 0.4) is 0 Å². The molecule has 0 aliphatic rings. The molecule has 16 heavy (non-hydrogen) atoms. The Morgan fingerprint density at radius 1 is 0.625 bits per heavy atom. The molecule has 0 saturated carbocycles. The Hall–Kier alpha value is 0.710. The molecule has 0 atom stereocenters. The molecule has 7 heteroatoms. The first-order valence-corrected chi connectivity index (χ1v) is 4.86. The van der Waals surface area contributed by atoms with Crippen molar-refractivity contribution in [2.75, 3.05) is 14.2 Å². The van der Waals surface area contributed by atoms with Crippen LogP contribution in [-0.2, 0) is 0 Å². The van der Waals surface area contributed by atoms with Gasteiger partial charge in [-0.05, 0) is 0 Å². The maximum absolute atomic E-state index is 7.00. The second-order valence-electron chi connectivity index (χ2n) is 0.247. The van der Waals surface area contributed by atoms with Gasteiger partial charge >= 0.3 is 0 Å². The minimum atomic E-state index is -0.750. The van der Waals surface area contributed by atoms with Gasteiger partial charge in [0.15, 0.2) is 4.30 Å². The summed E-state index contributed by atoms with van der Waals surface area (Å²) in [5.74, 6) is 0. The van der Waals surface area contributed by atoms with Gasteiger partial charge in [-0.2, -0.15) is 0 Å². The van der Waals surface area contributed by atoms with Gasteiger partial charge in [0.25, 0.3) is 0 Å². The third-order valence-electron chi connectivity index (χ3n) is 0. The molecule has 0 heterocycles. The molecular weight excluding hydrogens is 278 g/mol. The van der Waals surface area contributed by atoms with Crippen LogP contribution in [0.25, 0.3) is 0 Å². The van der Waals surface area contributed by atoms with Crippen molar-refractivity contribution in [2.24, 2.45) is 0 Å². The first kappa shape index (κ1) is 69.4. The Morgan fingerprint density at radius 2 is 0.625 bits per heavy atom. The van der Waals surface area contributed by atoms with E-state index in [9.17, 15) is 0 Å². The molecule has 6 N–H and O–H groups in total. The summed E-state index contributed by atoms with van der Waals surface area (Å²) in [6.45, 7) is 8.00. The molecular formula is C9H33Cl3O4. The molecule has 4 nitrogen and oxygen atoms in total. The number of rotatable bonds is 0. The molecule has 0 radical (unpaired) electrons. The van der Waals surface area contributed by atoms with Crippen LogP contribution >= 0.6 is 34.8 Å². The van der Waals surface area contributed by atoms with Gasteiger partial charge in [-0.1, -0.05) is 77.4 Å². The molecule has 0 spiro atoms. The summed E-state index contributed by atoms with van der Waals surface area (Å²) in [6.07, 6.45) is 0. The van der Waals surface area contributed by atoms with E-state index < -0.39 is 4.30 Å². The fourth-order valence-electron chi connectivity index (χ4n) is 0. The summed E-state index contributed by atoms with van der Waals surface area (Å²) in [6, 6.07) is 0. The first-order chi connectivity index (χ1) is 5.73. The van der Waals surface area contributed by atoms with Gasteiger partial charge in [0.1, 0.15) is 0 Å². The molecule has 0 amide bonds. The summed E-state index contributed by atoms with van der Waals surface area (Å²) in [5, 5.41) is 14.0. The zero-order valence-corrected chi connectivity index (χ0v) is 11.9. The van der Waals surface area contributed by atoms with Gasteiger partial charge in [0.2, 0.25) is 0 Å². The van der Waals surface area contributed by atoms with E-state index in [2.05, 4.69) is 0 Å². The minimum absolute atomic E-state index is 0. The quantitative estimate of drug-likeness (QED) is 0.671. The molecule has 0 fully saturated rings. The van der Waals surface area contributed by atoms with Crippen molar-refractivity contribution in [3.05, 3.63) is 0 Å². The van der Waals surface area contributed by atoms with Crippen LogP contribution in [0.5, 0.6) is 0 Å². The van der Waals surface area contributed by atoms with Gasteiger partial charge in [-0.25, -0.2) is 0 Å². The third-order valence-corrected chi connectivity index (χ3v) is 0. The number of halogens is 3. The minimum Gasteiger partial charge on any atom is -0.412 e. The number of alkyl halides is 3. The molecule has 0 saturated heterocycles. The van der Waals surface area contributed by atoms with Gasteiger partial charge in [0.05, 0.1) is 0 Å². The van der Waals surface area contributed by atoms with E-state index in [0.29, 0.717) is 0 Å². The zero-order chi connectivity index (χ0) is 11.6. The maximum Gasteiger partial charge on any atom is 0.180 e. The molecule has 114 valence electrons. The van der Waals surface area contributed by atoms with Crippen molar-refractivity contribution in [1.82, 2.24) is 0 Å². The second kappa shape index (κ2) is 247. The van der Waals surface area contributed by atoms with Crippen molar-refractivity contribution in [2.45, 2.75) is 46.8 Å². The summed E-state index contributed by atoms with van der Waals surface area (Å²) in [7, 11) is 2.00. The lowest BCUT2D eigenvalue weighted by Gasteiger charge is -1.69. The van der Waals surface area contributed by atoms with Crippen molar-refractivity contribution in [3.63, 3.8) is 0 Å². The highest BCUT2D eigenvalue weighted by Gasteiger charge is 1.78. The van der Waals surface area contributed by atoms with Crippen LogP contribution < -0.4 is 0 Å². The van der Waals surface area contributed by atoms with Crippen molar-refractivity contribution >= 4 is 34.8 Å². The van der Waals surface area contributed by atoms with Crippen LogP contribution in [0.4, 0.5) is 0 Å².